The molecule has 0 amide bonds. The highest BCUT2D eigenvalue weighted by atomic mass is 15.2. The molecule has 15 heavy (non-hydrogen) atoms. The van der Waals surface area contributed by atoms with E-state index >= 15 is 0 Å². The molecule has 0 spiro atoms. The average Bonchev–Trinajstić information content (AvgIpc) is 2.59. The number of anilines is 1. The number of pyridine rings is 1. The Morgan fingerprint density at radius 1 is 1.33 bits per heavy atom. The third-order valence-electron chi connectivity index (χ3n) is 2.28. The first-order valence-corrected chi connectivity index (χ1v) is 4.68. The number of rotatable bonds is 2. The number of nitrogens with two attached hydrogens (primary N) is 1. The van der Waals surface area contributed by atoms with Gasteiger partial charge in [0, 0.05) is 11.3 Å². The van der Waals surface area contributed by atoms with E-state index in [0.29, 0.717) is 5.82 Å². The van der Waals surface area contributed by atoms with Crippen LogP contribution in [0.15, 0.2) is 18.2 Å². The van der Waals surface area contributed by atoms with Crippen LogP contribution < -0.4 is 11.3 Å². The average molecular weight is 203 g/mol. The molecule has 0 atom stereocenters. The van der Waals surface area contributed by atoms with E-state index in [1.807, 2.05) is 32.0 Å². The fraction of sp³-hybridized carbons (Fsp3) is 0.200. The van der Waals surface area contributed by atoms with Crippen molar-refractivity contribution in [1.29, 1.82) is 0 Å². The Bertz CT molecular complexity index is 455. The summed E-state index contributed by atoms with van der Waals surface area (Å²) in [6, 6.07) is 5.66. The number of aromatic amines is 1. The third-order valence-corrected chi connectivity index (χ3v) is 2.28. The smallest absolute Gasteiger partial charge is 0.140 e. The van der Waals surface area contributed by atoms with Crippen molar-refractivity contribution in [3.8, 4) is 11.3 Å². The van der Waals surface area contributed by atoms with E-state index in [1.165, 1.54) is 0 Å². The number of hydrazine groups is 1. The summed E-state index contributed by atoms with van der Waals surface area (Å²) in [6.45, 7) is 3.92. The summed E-state index contributed by atoms with van der Waals surface area (Å²) in [5.41, 5.74) is 6.38. The SMILES string of the molecule is Cc1n[nH]c(C)c1-c1cccc(NN)n1. The van der Waals surface area contributed by atoms with Crippen molar-refractivity contribution in [3.05, 3.63) is 29.6 Å². The first kappa shape index (κ1) is 9.67. The zero-order chi connectivity index (χ0) is 10.8. The van der Waals surface area contributed by atoms with Crippen molar-refractivity contribution in [2.75, 3.05) is 5.43 Å². The van der Waals surface area contributed by atoms with Crippen LogP contribution in [0.5, 0.6) is 0 Å². The van der Waals surface area contributed by atoms with Gasteiger partial charge in [-0.05, 0) is 26.0 Å². The maximum Gasteiger partial charge on any atom is 0.140 e. The lowest BCUT2D eigenvalue weighted by molar-refractivity contribution is 1.02. The predicted octanol–water partition coefficient (Wildman–Crippen LogP) is 1.37. The molecule has 2 aromatic heterocycles. The molecule has 2 rings (SSSR count). The number of nitrogens with zero attached hydrogens (tertiary/aromatic N) is 2. The molecule has 0 unspecified atom stereocenters. The molecule has 2 heterocycles. The quantitative estimate of drug-likeness (QED) is 0.508. The highest BCUT2D eigenvalue weighted by molar-refractivity contribution is 5.65. The first-order chi connectivity index (χ1) is 7.22. The Labute approximate surface area is 87.7 Å². The van der Waals surface area contributed by atoms with Crippen molar-refractivity contribution in [2.45, 2.75) is 13.8 Å². The van der Waals surface area contributed by atoms with E-state index in [9.17, 15) is 0 Å². The van der Waals surface area contributed by atoms with Gasteiger partial charge in [-0.25, -0.2) is 10.8 Å². The number of H-pyrrole nitrogens is 1. The monoisotopic (exact) mass is 203 g/mol. The Morgan fingerprint density at radius 2 is 2.13 bits per heavy atom. The minimum atomic E-state index is 0.646. The lowest BCUT2D eigenvalue weighted by Crippen LogP contribution is -2.08. The van der Waals surface area contributed by atoms with E-state index in [2.05, 4.69) is 20.6 Å². The first-order valence-electron chi connectivity index (χ1n) is 4.68. The maximum atomic E-state index is 5.31. The molecule has 78 valence electrons. The Kier molecular flexibility index (Phi) is 2.39. The zero-order valence-electron chi connectivity index (χ0n) is 8.70. The lowest BCUT2D eigenvalue weighted by atomic mass is 10.1. The molecule has 0 aliphatic carbocycles. The fourth-order valence-electron chi connectivity index (χ4n) is 1.58. The highest BCUT2D eigenvalue weighted by Crippen LogP contribution is 2.23. The van der Waals surface area contributed by atoms with Crippen molar-refractivity contribution in [2.24, 2.45) is 5.84 Å². The molecule has 0 radical (unpaired) electrons. The molecule has 0 bridgehead atoms. The van der Waals surface area contributed by atoms with E-state index in [-0.39, 0.29) is 0 Å². The van der Waals surface area contributed by atoms with E-state index in [0.717, 1.165) is 22.6 Å². The molecule has 0 saturated carbocycles. The van der Waals surface area contributed by atoms with Gasteiger partial charge in [-0.2, -0.15) is 5.10 Å². The van der Waals surface area contributed by atoms with Crippen LogP contribution in [-0.2, 0) is 0 Å². The maximum absolute atomic E-state index is 5.31. The summed E-state index contributed by atoms with van der Waals surface area (Å²) in [7, 11) is 0. The van der Waals surface area contributed by atoms with Crippen LogP contribution in [0.4, 0.5) is 5.82 Å². The van der Waals surface area contributed by atoms with Crippen molar-refractivity contribution >= 4 is 5.82 Å². The number of aryl methyl sites for hydroxylation is 2. The third kappa shape index (κ3) is 1.69. The molecule has 0 saturated heterocycles. The standard InChI is InChI=1S/C10H13N5/c1-6-10(7(2)15-14-6)8-4-3-5-9(12-8)13-11/h3-5H,11H2,1-2H3,(H,12,13)(H,14,15). The van der Waals surface area contributed by atoms with Crippen LogP contribution in [0.3, 0.4) is 0 Å². The van der Waals surface area contributed by atoms with Gasteiger partial charge in [0.2, 0.25) is 0 Å². The van der Waals surface area contributed by atoms with Gasteiger partial charge >= 0.3 is 0 Å². The Hall–Kier alpha value is -1.88. The molecule has 0 aliphatic heterocycles. The minimum Gasteiger partial charge on any atom is -0.308 e. The van der Waals surface area contributed by atoms with Crippen LogP contribution in [0.2, 0.25) is 0 Å². The zero-order valence-corrected chi connectivity index (χ0v) is 8.70. The summed E-state index contributed by atoms with van der Waals surface area (Å²) in [4.78, 5) is 4.36. The molecule has 5 heteroatoms. The van der Waals surface area contributed by atoms with Gasteiger partial charge < -0.3 is 5.43 Å². The Morgan fingerprint density at radius 3 is 2.73 bits per heavy atom. The second-order valence-electron chi connectivity index (χ2n) is 3.36. The second kappa shape index (κ2) is 3.70. The lowest BCUT2D eigenvalue weighted by Gasteiger charge is -2.03. The van der Waals surface area contributed by atoms with Crippen molar-refractivity contribution in [3.63, 3.8) is 0 Å². The summed E-state index contributed by atoms with van der Waals surface area (Å²) < 4.78 is 0. The number of hydrogen-bond acceptors (Lipinski definition) is 4. The highest BCUT2D eigenvalue weighted by Gasteiger charge is 2.10. The molecule has 0 aliphatic rings. The van der Waals surface area contributed by atoms with Gasteiger partial charge in [0.15, 0.2) is 0 Å². The number of nitrogens with one attached hydrogen (secondary N) is 2. The van der Waals surface area contributed by atoms with E-state index < -0.39 is 0 Å². The van der Waals surface area contributed by atoms with Gasteiger partial charge in [-0.15, -0.1) is 0 Å². The fourth-order valence-corrected chi connectivity index (χ4v) is 1.58. The van der Waals surface area contributed by atoms with Crippen LogP contribution in [-0.4, -0.2) is 15.2 Å². The van der Waals surface area contributed by atoms with Crippen LogP contribution in [0, 0.1) is 13.8 Å². The van der Waals surface area contributed by atoms with Gasteiger partial charge in [-0.3, -0.25) is 5.10 Å². The predicted molar refractivity (Wildman–Crippen MR) is 59.1 cm³/mol. The summed E-state index contributed by atoms with van der Waals surface area (Å²) in [6.07, 6.45) is 0. The number of hydrogen-bond donors (Lipinski definition) is 3. The van der Waals surface area contributed by atoms with E-state index in [1.54, 1.807) is 0 Å². The molecule has 4 N–H and O–H groups in total. The molecular weight excluding hydrogens is 190 g/mol. The molecule has 5 nitrogen and oxygen atoms in total. The molecule has 2 aromatic rings. The van der Waals surface area contributed by atoms with Gasteiger partial charge in [0.05, 0.1) is 11.4 Å². The number of nitrogen functional groups attached to an aromatic ring is 1. The number of aromatic nitrogens is 3. The largest absolute Gasteiger partial charge is 0.308 e. The topological polar surface area (TPSA) is 79.6 Å². The van der Waals surface area contributed by atoms with Gasteiger partial charge in [-0.1, -0.05) is 6.07 Å². The van der Waals surface area contributed by atoms with Crippen LogP contribution in [0.1, 0.15) is 11.4 Å². The van der Waals surface area contributed by atoms with E-state index in [4.69, 9.17) is 5.84 Å². The second-order valence-corrected chi connectivity index (χ2v) is 3.36. The molecule has 0 aromatic carbocycles. The minimum absolute atomic E-state index is 0.646. The Balaban J connectivity index is 2.53. The summed E-state index contributed by atoms with van der Waals surface area (Å²) >= 11 is 0. The van der Waals surface area contributed by atoms with Gasteiger partial charge in [0.25, 0.3) is 0 Å². The van der Waals surface area contributed by atoms with Crippen molar-refractivity contribution in [1.82, 2.24) is 15.2 Å². The van der Waals surface area contributed by atoms with Crippen LogP contribution in [0.25, 0.3) is 11.3 Å². The normalized spacial score (nSPS) is 10.3. The van der Waals surface area contributed by atoms with Crippen LogP contribution >= 0.6 is 0 Å². The summed E-state index contributed by atoms with van der Waals surface area (Å²) in [5, 5.41) is 7.06. The van der Waals surface area contributed by atoms with Crippen molar-refractivity contribution < 1.29 is 0 Å². The van der Waals surface area contributed by atoms with Gasteiger partial charge in [0.1, 0.15) is 5.82 Å². The molecular formula is C10H13N5. The summed E-state index contributed by atoms with van der Waals surface area (Å²) in [5.74, 6) is 5.96. The molecule has 0 fully saturated rings.